The third-order valence-corrected chi connectivity index (χ3v) is 5.24. The van der Waals surface area contributed by atoms with Gasteiger partial charge in [-0.3, -0.25) is 19.7 Å². The van der Waals surface area contributed by atoms with Crippen LogP contribution in [-0.2, 0) is 16.1 Å². The number of aliphatic hydroxyl groups is 1. The van der Waals surface area contributed by atoms with Gasteiger partial charge in [0.25, 0.3) is 0 Å². The van der Waals surface area contributed by atoms with E-state index in [0.29, 0.717) is 0 Å². The molecule has 3 N–H and O–H groups in total. The molecule has 156 valence electrons. The van der Waals surface area contributed by atoms with Gasteiger partial charge in [-0.25, -0.2) is 9.59 Å². The quantitative estimate of drug-likeness (QED) is 0.584. The minimum atomic E-state index is -1.82. The van der Waals surface area contributed by atoms with Crippen molar-refractivity contribution in [1.29, 1.82) is 0 Å². The molecule has 3 heterocycles. The van der Waals surface area contributed by atoms with Crippen LogP contribution < -0.4 is 0 Å². The van der Waals surface area contributed by atoms with Crippen LogP contribution in [0.5, 0.6) is 0 Å². The number of aromatic nitrogens is 1. The lowest BCUT2D eigenvalue weighted by atomic mass is 10.0. The average Bonchev–Trinajstić information content (AvgIpc) is 2.71. The van der Waals surface area contributed by atoms with Gasteiger partial charge in [-0.15, -0.1) is 0 Å². The Kier molecular flexibility index (Phi) is 9.29. The summed E-state index contributed by atoms with van der Waals surface area (Å²) in [6.07, 6.45) is 6.33. The van der Waals surface area contributed by atoms with E-state index in [9.17, 15) is 0 Å². The highest BCUT2D eigenvalue weighted by Gasteiger charge is 2.27. The lowest BCUT2D eigenvalue weighted by Gasteiger charge is -2.42. The summed E-state index contributed by atoms with van der Waals surface area (Å²) in [7, 11) is 0. The molecular weight excluding hydrogens is 364 g/mol. The molecule has 0 amide bonds. The van der Waals surface area contributed by atoms with Gasteiger partial charge in [-0.2, -0.15) is 0 Å². The van der Waals surface area contributed by atoms with E-state index >= 15 is 0 Å². The normalized spacial score (nSPS) is 19.6. The molecule has 0 aliphatic carbocycles. The first-order chi connectivity index (χ1) is 13.5. The molecular formula is C19H30N4O5. The molecule has 9 heteroatoms. The fourth-order valence-corrected chi connectivity index (χ4v) is 3.68. The number of β-amino-alcohol motifs (C(OH)–C–C–N with tert-alkyl or cyclic N) is 1. The van der Waals surface area contributed by atoms with Crippen LogP contribution >= 0.6 is 0 Å². The van der Waals surface area contributed by atoms with E-state index in [1.165, 1.54) is 31.5 Å². The number of aliphatic hydroxyl groups excluding tert-OH is 1. The molecule has 0 radical (unpaired) electrons. The Bertz CT molecular complexity index is 588. The van der Waals surface area contributed by atoms with Crippen LogP contribution in [0.3, 0.4) is 0 Å². The molecule has 1 aromatic rings. The third kappa shape index (κ3) is 7.51. The zero-order chi connectivity index (χ0) is 20.4. The van der Waals surface area contributed by atoms with Crippen LogP contribution in [0.25, 0.3) is 0 Å². The van der Waals surface area contributed by atoms with Gasteiger partial charge in [0.15, 0.2) is 0 Å². The van der Waals surface area contributed by atoms with Crippen LogP contribution in [0.2, 0.25) is 0 Å². The lowest BCUT2D eigenvalue weighted by molar-refractivity contribution is -0.159. The molecule has 0 atom stereocenters. The number of piperazine rings is 1. The van der Waals surface area contributed by atoms with Gasteiger partial charge in [0.2, 0.25) is 0 Å². The van der Waals surface area contributed by atoms with Crippen molar-refractivity contribution in [3.63, 3.8) is 0 Å². The van der Waals surface area contributed by atoms with Gasteiger partial charge < -0.3 is 15.3 Å². The highest BCUT2D eigenvalue weighted by atomic mass is 16.4. The van der Waals surface area contributed by atoms with Crippen LogP contribution in [0.4, 0.5) is 0 Å². The zero-order valence-electron chi connectivity index (χ0n) is 16.1. The second-order valence-corrected chi connectivity index (χ2v) is 7.07. The van der Waals surface area contributed by atoms with E-state index in [1.807, 2.05) is 12.4 Å². The first-order valence-electron chi connectivity index (χ1n) is 9.64. The van der Waals surface area contributed by atoms with Crippen molar-refractivity contribution in [2.45, 2.75) is 25.4 Å². The Morgan fingerprint density at radius 2 is 1.50 bits per heavy atom. The predicted octanol–water partition coefficient (Wildman–Crippen LogP) is -0.188. The average molecular weight is 394 g/mol. The zero-order valence-corrected chi connectivity index (χ0v) is 16.1. The van der Waals surface area contributed by atoms with E-state index in [1.54, 1.807) is 0 Å². The standard InChI is InChI=1S/C17H28N4O.C2H2O4/c22-14-13-19-9-11-21(12-10-19)17-3-7-20(8-4-17)15-16-1-5-18-6-2-16;3-1(4)2(5)6/h1-2,5-6,17,22H,3-4,7-15H2;(H,3,4)(H,5,6). The predicted molar refractivity (Wildman–Crippen MR) is 103 cm³/mol. The van der Waals surface area contributed by atoms with Crippen LogP contribution in [0.15, 0.2) is 24.5 Å². The molecule has 0 aromatic carbocycles. The Morgan fingerprint density at radius 1 is 0.929 bits per heavy atom. The van der Waals surface area contributed by atoms with Crippen molar-refractivity contribution >= 4 is 11.9 Å². The Balaban J connectivity index is 0.000000409. The van der Waals surface area contributed by atoms with E-state index in [2.05, 4.69) is 31.8 Å². The number of aliphatic carboxylic acids is 2. The Morgan fingerprint density at radius 3 is 2.00 bits per heavy atom. The van der Waals surface area contributed by atoms with Crippen LogP contribution in [0.1, 0.15) is 18.4 Å². The monoisotopic (exact) mass is 394 g/mol. The number of likely N-dealkylation sites (tertiary alicyclic amines) is 1. The topological polar surface area (TPSA) is 117 Å². The number of carbonyl (C=O) groups is 2. The van der Waals surface area contributed by atoms with Crippen molar-refractivity contribution in [2.24, 2.45) is 0 Å². The molecule has 2 aliphatic rings. The summed E-state index contributed by atoms with van der Waals surface area (Å²) in [5.41, 5.74) is 1.37. The summed E-state index contributed by atoms with van der Waals surface area (Å²) in [4.78, 5) is 29.9. The number of hydrogen-bond donors (Lipinski definition) is 3. The SMILES string of the molecule is O=C(O)C(=O)O.OCCN1CCN(C2CCN(Cc3ccncc3)CC2)CC1. The molecule has 2 aliphatic heterocycles. The molecule has 0 spiro atoms. The fraction of sp³-hybridized carbons (Fsp3) is 0.632. The van der Waals surface area contributed by atoms with Gasteiger partial charge in [0, 0.05) is 57.7 Å². The first-order valence-corrected chi connectivity index (χ1v) is 9.64. The number of rotatable bonds is 5. The number of hydrogen-bond acceptors (Lipinski definition) is 7. The van der Waals surface area contributed by atoms with Gasteiger partial charge >= 0.3 is 11.9 Å². The van der Waals surface area contributed by atoms with Gasteiger partial charge in [-0.1, -0.05) is 0 Å². The number of pyridine rings is 1. The van der Waals surface area contributed by atoms with Crippen molar-refractivity contribution < 1.29 is 24.9 Å². The maximum absolute atomic E-state index is 9.10. The molecule has 9 nitrogen and oxygen atoms in total. The third-order valence-electron chi connectivity index (χ3n) is 5.24. The number of piperidine rings is 1. The first kappa shape index (κ1) is 22.2. The molecule has 0 bridgehead atoms. The van der Waals surface area contributed by atoms with E-state index in [4.69, 9.17) is 24.9 Å². The lowest BCUT2D eigenvalue weighted by Crippen LogP contribution is -2.53. The summed E-state index contributed by atoms with van der Waals surface area (Å²) in [5.74, 6) is -3.65. The van der Waals surface area contributed by atoms with E-state index < -0.39 is 11.9 Å². The minimum Gasteiger partial charge on any atom is -0.473 e. The fourth-order valence-electron chi connectivity index (χ4n) is 3.68. The highest BCUT2D eigenvalue weighted by molar-refractivity contribution is 6.27. The van der Waals surface area contributed by atoms with Gasteiger partial charge in [0.05, 0.1) is 6.61 Å². The second-order valence-electron chi connectivity index (χ2n) is 7.07. The molecule has 0 saturated carbocycles. The number of carboxylic acids is 2. The minimum absolute atomic E-state index is 0.285. The molecule has 1 aromatic heterocycles. The maximum atomic E-state index is 9.10. The highest BCUT2D eigenvalue weighted by Crippen LogP contribution is 2.19. The van der Waals surface area contributed by atoms with Gasteiger partial charge in [0.1, 0.15) is 0 Å². The summed E-state index contributed by atoms with van der Waals surface area (Å²) in [6, 6.07) is 4.99. The van der Waals surface area contributed by atoms with Crippen molar-refractivity contribution in [3.8, 4) is 0 Å². The second kappa shape index (κ2) is 11.7. The van der Waals surface area contributed by atoms with Crippen LogP contribution in [0, 0.1) is 0 Å². The summed E-state index contributed by atoms with van der Waals surface area (Å²) >= 11 is 0. The maximum Gasteiger partial charge on any atom is 0.414 e. The van der Waals surface area contributed by atoms with Crippen molar-refractivity contribution in [1.82, 2.24) is 19.7 Å². The molecule has 28 heavy (non-hydrogen) atoms. The van der Waals surface area contributed by atoms with E-state index in [-0.39, 0.29) is 6.61 Å². The molecule has 3 rings (SSSR count). The summed E-state index contributed by atoms with van der Waals surface area (Å²) < 4.78 is 0. The number of nitrogens with zero attached hydrogens (tertiary/aromatic N) is 4. The van der Waals surface area contributed by atoms with Crippen molar-refractivity contribution in [2.75, 3.05) is 52.4 Å². The summed E-state index contributed by atoms with van der Waals surface area (Å²) in [5, 5.41) is 23.8. The Labute approximate surface area is 165 Å². The molecule has 0 unspecified atom stereocenters. The molecule has 2 saturated heterocycles. The van der Waals surface area contributed by atoms with Crippen molar-refractivity contribution in [3.05, 3.63) is 30.1 Å². The molecule has 2 fully saturated rings. The largest absolute Gasteiger partial charge is 0.473 e. The smallest absolute Gasteiger partial charge is 0.414 e. The summed E-state index contributed by atoms with van der Waals surface area (Å²) in [6.45, 7) is 9.11. The van der Waals surface area contributed by atoms with Gasteiger partial charge in [-0.05, 0) is 43.6 Å². The van der Waals surface area contributed by atoms with Crippen LogP contribution in [-0.4, -0.2) is 105 Å². The number of carboxylic acid groups (broad SMARTS) is 2. The Hall–Kier alpha value is -2.07. The van der Waals surface area contributed by atoms with E-state index in [0.717, 1.165) is 45.3 Å².